The zero-order valence-electron chi connectivity index (χ0n) is 7.40. The molecule has 0 radical (unpaired) electrons. The molecule has 1 aromatic heterocycles. The third kappa shape index (κ3) is 1.75. The van der Waals surface area contributed by atoms with Crippen LogP contribution in [0.4, 0.5) is 0 Å². The number of H-pyrrole nitrogens is 1. The maximum Gasteiger partial charge on any atom is 0.261 e. The van der Waals surface area contributed by atoms with Crippen LogP contribution in [-0.2, 0) is 9.05 Å². The highest BCUT2D eigenvalue weighted by atomic mass is 35.7. The summed E-state index contributed by atoms with van der Waals surface area (Å²) >= 11 is 0. The number of fused-ring (bicyclic) bond motifs is 1. The predicted molar refractivity (Wildman–Crippen MR) is 56.7 cm³/mol. The van der Waals surface area contributed by atoms with E-state index in [1.807, 2.05) is 0 Å². The number of nitrogens with one attached hydrogen (secondary N) is 1. The van der Waals surface area contributed by atoms with Crippen LogP contribution in [0.1, 0.15) is 10.4 Å². The van der Waals surface area contributed by atoms with Gasteiger partial charge in [0, 0.05) is 33.3 Å². The normalized spacial score (nSPS) is 11.8. The highest BCUT2D eigenvalue weighted by molar-refractivity contribution is 8.13. The number of rotatable bonds is 2. The lowest BCUT2D eigenvalue weighted by Crippen LogP contribution is -1.89. The first-order valence-corrected chi connectivity index (χ1v) is 6.34. The van der Waals surface area contributed by atoms with Gasteiger partial charge in [-0.3, -0.25) is 4.79 Å². The van der Waals surface area contributed by atoms with E-state index in [0.717, 1.165) is 0 Å². The molecule has 0 aliphatic carbocycles. The molecule has 0 unspecified atom stereocenters. The molecule has 0 atom stereocenters. The van der Waals surface area contributed by atoms with Gasteiger partial charge in [-0.05, 0) is 18.2 Å². The molecule has 0 spiro atoms. The maximum atomic E-state index is 11.1. The minimum Gasteiger partial charge on any atom is -0.360 e. The Balaban J connectivity index is 2.79. The Labute approximate surface area is 90.3 Å². The number of carbonyl (C=O) groups excluding carboxylic acids is 1. The van der Waals surface area contributed by atoms with Crippen LogP contribution in [0.25, 0.3) is 10.9 Å². The fourth-order valence-corrected chi connectivity index (χ4v) is 2.15. The molecule has 0 amide bonds. The highest BCUT2D eigenvalue weighted by Crippen LogP contribution is 2.23. The summed E-state index contributed by atoms with van der Waals surface area (Å²) in [5.41, 5.74) is 1.10. The minimum absolute atomic E-state index is 0.0145. The molecule has 1 aromatic carbocycles. The predicted octanol–water partition coefficient (Wildman–Crippen LogP) is 1.91. The Morgan fingerprint density at radius 2 is 2.07 bits per heavy atom. The molecule has 78 valence electrons. The number of aromatic amines is 1. The lowest BCUT2D eigenvalue weighted by atomic mass is 10.2. The Morgan fingerprint density at radius 1 is 1.33 bits per heavy atom. The van der Waals surface area contributed by atoms with Crippen LogP contribution < -0.4 is 0 Å². The number of aromatic nitrogens is 1. The molecule has 0 aliphatic heterocycles. The van der Waals surface area contributed by atoms with Gasteiger partial charge in [0.1, 0.15) is 0 Å². The fourth-order valence-electron chi connectivity index (χ4n) is 1.37. The van der Waals surface area contributed by atoms with Gasteiger partial charge in [-0.1, -0.05) is 0 Å². The third-order valence-electron chi connectivity index (χ3n) is 2.09. The van der Waals surface area contributed by atoms with E-state index in [-0.39, 0.29) is 4.90 Å². The molecule has 0 saturated heterocycles. The van der Waals surface area contributed by atoms with Crippen molar-refractivity contribution in [1.29, 1.82) is 0 Å². The monoisotopic (exact) mass is 243 g/mol. The van der Waals surface area contributed by atoms with E-state index in [0.29, 0.717) is 22.8 Å². The number of aldehydes is 1. The van der Waals surface area contributed by atoms with Crippen molar-refractivity contribution in [3.63, 3.8) is 0 Å². The second-order valence-electron chi connectivity index (χ2n) is 3.01. The van der Waals surface area contributed by atoms with Crippen LogP contribution in [0.3, 0.4) is 0 Å². The van der Waals surface area contributed by atoms with E-state index in [2.05, 4.69) is 4.98 Å². The van der Waals surface area contributed by atoms with Crippen molar-refractivity contribution in [3.8, 4) is 0 Å². The van der Waals surface area contributed by atoms with Gasteiger partial charge in [-0.15, -0.1) is 0 Å². The second kappa shape index (κ2) is 3.36. The van der Waals surface area contributed by atoms with Crippen LogP contribution in [0.5, 0.6) is 0 Å². The zero-order chi connectivity index (χ0) is 11.1. The maximum absolute atomic E-state index is 11.1. The smallest absolute Gasteiger partial charge is 0.261 e. The quantitative estimate of drug-likeness (QED) is 0.647. The molecule has 0 aliphatic rings. The van der Waals surface area contributed by atoms with Crippen LogP contribution in [0.15, 0.2) is 29.3 Å². The van der Waals surface area contributed by atoms with Gasteiger partial charge in [0.15, 0.2) is 6.29 Å². The van der Waals surface area contributed by atoms with Gasteiger partial charge in [0.05, 0.1) is 4.90 Å². The molecular weight excluding hydrogens is 238 g/mol. The first kappa shape index (κ1) is 10.2. The standard InChI is InChI=1S/C9H6ClNO3S/c10-15(13,14)7-1-2-9-8(3-7)6(5-12)4-11-9/h1-5,11H. The number of carbonyl (C=O) groups is 1. The van der Waals surface area contributed by atoms with Crippen molar-refractivity contribution >= 4 is 36.9 Å². The third-order valence-corrected chi connectivity index (χ3v) is 3.45. The summed E-state index contributed by atoms with van der Waals surface area (Å²) in [6.07, 6.45) is 2.17. The topological polar surface area (TPSA) is 67.0 Å². The molecule has 2 rings (SSSR count). The number of halogens is 1. The summed E-state index contributed by atoms with van der Waals surface area (Å²) in [6, 6.07) is 4.32. The Kier molecular flexibility index (Phi) is 2.28. The van der Waals surface area contributed by atoms with Crippen molar-refractivity contribution in [2.75, 3.05) is 0 Å². The van der Waals surface area contributed by atoms with Gasteiger partial charge in [-0.25, -0.2) is 8.42 Å². The SMILES string of the molecule is O=Cc1c[nH]c2ccc(S(=O)(=O)Cl)cc12. The molecule has 2 aromatic rings. The Bertz CT molecular complexity index is 630. The largest absolute Gasteiger partial charge is 0.360 e. The van der Waals surface area contributed by atoms with Gasteiger partial charge >= 0.3 is 0 Å². The minimum atomic E-state index is -3.75. The first-order chi connectivity index (χ1) is 7.02. The first-order valence-electron chi connectivity index (χ1n) is 4.03. The van der Waals surface area contributed by atoms with Crippen LogP contribution in [0, 0.1) is 0 Å². The average molecular weight is 244 g/mol. The fraction of sp³-hybridized carbons (Fsp3) is 0. The summed E-state index contributed by atoms with van der Waals surface area (Å²) < 4.78 is 22.1. The molecule has 0 fully saturated rings. The van der Waals surface area contributed by atoms with Crippen LogP contribution in [0.2, 0.25) is 0 Å². The lowest BCUT2D eigenvalue weighted by molar-refractivity contribution is 0.112. The second-order valence-corrected chi connectivity index (χ2v) is 5.57. The molecule has 0 bridgehead atoms. The summed E-state index contributed by atoms with van der Waals surface area (Å²) in [5.74, 6) is 0. The molecule has 0 saturated carbocycles. The van der Waals surface area contributed by atoms with Crippen molar-refractivity contribution in [1.82, 2.24) is 4.98 Å². The Morgan fingerprint density at radius 3 is 2.67 bits per heavy atom. The van der Waals surface area contributed by atoms with Gasteiger partial charge in [-0.2, -0.15) is 0 Å². The highest BCUT2D eigenvalue weighted by Gasteiger charge is 2.12. The molecule has 1 N–H and O–H groups in total. The van der Waals surface area contributed by atoms with E-state index >= 15 is 0 Å². The van der Waals surface area contributed by atoms with E-state index in [1.165, 1.54) is 18.3 Å². The number of benzene rings is 1. The lowest BCUT2D eigenvalue weighted by Gasteiger charge is -1.96. The molecule has 1 heterocycles. The number of hydrogen-bond donors (Lipinski definition) is 1. The van der Waals surface area contributed by atoms with Crippen LogP contribution >= 0.6 is 10.7 Å². The van der Waals surface area contributed by atoms with Crippen molar-refractivity contribution in [3.05, 3.63) is 30.0 Å². The van der Waals surface area contributed by atoms with Crippen molar-refractivity contribution in [2.24, 2.45) is 0 Å². The Hall–Kier alpha value is -1.33. The van der Waals surface area contributed by atoms with Crippen molar-refractivity contribution in [2.45, 2.75) is 4.90 Å². The molecule has 4 nitrogen and oxygen atoms in total. The van der Waals surface area contributed by atoms with E-state index in [1.54, 1.807) is 6.07 Å². The molecular formula is C9H6ClNO3S. The molecule has 15 heavy (non-hydrogen) atoms. The van der Waals surface area contributed by atoms with E-state index in [4.69, 9.17) is 10.7 Å². The number of hydrogen-bond acceptors (Lipinski definition) is 3. The van der Waals surface area contributed by atoms with E-state index in [9.17, 15) is 13.2 Å². The van der Waals surface area contributed by atoms with Crippen molar-refractivity contribution < 1.29 is 13.2 Å². The summed E-state index contributed by atoms with van der Waals surface area (Å²) in [5, 5.41) is 0.548. The summed E-state index contributed by atoms with van der Waals surface area (Å²) in [4.78, 5) is 13.5. The van der Waals surface area contributed by atoms with E-state index < -0.39 is 9.05 Å². The summed E-state index contributed by atoms with van der Waals surface area (Å²) in [7, 11) is 1.44. The van der Waals surface area contributed by atoms with Gasteiger partial charge in [0.25, 0.3) is 9.05 Å². The summed E-state index contributed by atoms with van der Waals surface area (Å²) in [6.45, 7) is 0. The zero-order valence-corrected chi connectivity index (χ0v) is 8.97. The van der Waals surface area contributed by atoms with Crippen LogP contribution in [-0.4, -0.2) is 19.7 Å². The van der Waals surface area contributed by atoms with Gasteiger partial charge < -0.3 is 4.98 Å². The molecule has 6 heteroatoms. The van der Waals surface area contributed by atoms with Gasteiger partial charge in [0.2, 0.25) is 0 Å². The average Bonchev–Trinajstić information content (AvgIpc) is 2.57.